The Morgan fingerprint density at radius 2 is 1.81 bits per heavy atom. The normalized spacial score (nSPS) is 18.3. The van der Waals surface area contributed by atoms with E-state index in [1.54, 1.807) is 12.1 Å². The van der Waals surface area contributed by atoms with Crippen molar-refractivity contribution in [1.82, 2.24) is 20.1 Å². The van der Waals surface area contributed by atoms with Crippen LogP contribution in [0.4, 0.5) is 0 Å². The number of nitrogens with one attached hydrogen (secondary N) is 2. The number of amides is 1. The zero-order chi connectivity index (χ0) is 25.3. The predicted octanol–water partition coefficient (Wildman–Crippen LogP) is 2.27. The number of pyridine rings is 1. The van der Waals surface area contributed by atoms with Crippen LogP contribution in [0.25, 0.3) is 10.9 Å². The van der Waals surface area contributed by atoms with Crippen LogP contribution in [-0.2, 0) is 6.42 Å². The highest BCUT2D eigenvalue weighted by atomic mass is 16.3. The van der Waals surface area contributed by atoms with Gasteiger partial charge in [0.2, 0.25) is 5.56 Å². The molecule has 0 unspecified atom stereocenters. The molecule has 190 valence electrons. The number of benzene rings is 2. The molecule has 8 nitrogen and oxygen atoms in total. The topological polar surface area (TPSA) is 109 Å². The number of aliphatic hydroxyl groups is 1. The molecule has 8 heteroatoms. The third-order valence-electron chi connectivity index (χ3n) is 7.72. The number of hydrogen-bond donors (Lipinski definition) is 4. The van der Waals surface area contributed by atoms with E-state index in [4.69, 9.17) is 0 Å². The first-order valence-corrected chi connectivity index (χ1v) is 12.6. The molecule has 3 aromatic rings. The second-order valence-corrected chi connectivity index (χ2v) is 10.4. The van der Waals surface area contributed by atoms with E-state index in [0.29, 0.717) is 35.0 Å². The molecule has 0 radical (unpaired) electrons. The van der Waals surface area contributed by atoms with Crippen molar-refractivity contribution in [1.29, 1.82) is 0 Å². The number of likely N-dealkylation sites (tertiary alicyclic amines) is 2. The van der Waals surface area contributed by atoms with Gasteiger partial charge in [0.05, 0.1) is 11.6 Å². The fraction of sp³-hybridized carbons (Fsp3) is 0.429. The summed E-state index contributed by atoms with van der Waals surface area (Å²) in [4.78, 5) is 31.5. The van der Waals surface area contributed by atoms with Gasteiger partial charge < -0.3 is 30.3 Å². The lowest BCUT2D eigenvalue weighted by molar-refractivity contribution is -0.0268. The number of aromatic hydroxyl groups is 1. The van der Waals surface area contributed by atoms with Crippen molar-refractivity contribution >= 4 is 16.8 Å². The standard InChI is InChI=1S/C28H34N4O4/c1-31-17-28(18-31)11-14-32(15-12-28)27(36)20-4-2-19(3-5-20)10-13-29-16-24(34)21-6-8-23(33)26-22(21)7-9-25(35)30-26/h2-9,24,29,33-34H,10-18H2,1H3,(H,30,35)/t24-/m0/s1. The quantitative estimate of drug-likeness (QED) is 0.379. The van der Waals surface area contributed by atoms with Gasteiger partial charge in [-0.1, -0.05) is 18.2 Å². The first-order chi connectivity index (χ1) is 17.3. The Balaban J connectivity index is 1.10. The Kier molecular flexibility index (Phi) is 6.83. The van der Waals surface area contributed by atoms with Crippen molar-refractivity contribution in [2.24, 2.45) is 5.41 Å². The van der Waals surface area contributed by atoms with Gasteiger partial charge in [-0.3, -0.25) is 9.59 Å². The fourth-order valence-electron chi connectivity index (χ4n) is 5.73. The first-order valence-electron chi connectivity index (χ1n) is 12.6. The number of aromatic nitrogens is 1. The number of carbonyl (C=O) groups is 1. The Bertz CT molecular complexity index is 1290. The Labute approximate surface area is 210 Å². The molecule has 2 aromatic carbocycles. The first kappa shape index (κ1) is 24.5. The lowest BCUT2D eigenvalue weighted by Crippen LogP contribution is -2.59. The summed E-state index contributed by atoms with van der Waals surface area (Å²) in [7, 11) is 2.16. The van der Waals surface area contributed by atoms with Crippen LogP contribution >= 0.6 is 0 Å². The van der Waals surface area contributed by atoms with E-state index in [1.165, 1.54) is 12.1 Å². The van der Waals surface area contributed by atoms with Crippen LogP contribution in [-0.4, -0.2) is 77.2 Å². The predicted molar refractivity (Wildman–Crippen MR) is 139 cm³/mol. The molecule has 2 saturated heterocycles. The van der Waals surface area contributed by atoms with Crippen LogP contribution in [0.2, 0.25) is 0 Å². The second kappa shape index (κ2) is 10.0. The Morgan fingerprint density at radius 1 is 1.08 bits per heavy atom. The van der Waals surface area contributed by atoms with Gasteiger partial charge in [0, 0.05) is 49.7 Å². The summed E-state index contributed by atoms with van der Waals surface area (Å²) in [6, 6.07) is 14.0. The van der Waals surface area contributed by atoms with Crippen molar-refractivity contribution in [3.63, 3.8) is 0 Å². The minimum absolute atomic E-state index is 0.0241. The molecule has 0 aliphatic carbocycles. The van der Waals surface area contributed by atoms with E-state index >= 15 is 0 Å². The van der Waals surface area contributed by atoms with Gasteiger partial charge in [0.15, 0.2) is 0 Å². The van der Waals surface area contributed by atoms with Crippen molar-refractivity contribution in [2.75, 3.05) is 46.3 Å². The van der Waals surface area contributed by atoms with Gasteiger partial charge in [-0.2, -0.15) is 0 Å². The number of hydrogen-bond acceptors (Lipinski definition) is 6. The van der Waals surface area contributed by atoms with Crippen LogP contribution in [0.5, 0.6) is 5.75 Å². The Morgan fingerprint density at radius 3 is 2.50 bits per heavy atom. The third-order valence-corrected chi connectivity index (χ3v) is 7.72. The Hall–Kier alpha value is -3.20. The van der Waals surface area contributed by atoms with Gasteiger partial charge in [-0.15, -0.1) is 0 Å². The van der Waals surface area contributed by atoms with Crippen LogP contribution in [0, 0.1) is 5.41 Å². The molecule has 1 amide bonds. The highest BCUT2D eigenvalue weighted by Gasteiger charge is 2.43. The highest BCUT2D eigenvalue weighted by molar-refractivity contribution is 5.94. The van der Waals surface area contributed by atoms with Gasteiger partial charge in [0.1, 0.15) is 5.75 Å². The van der Waals surface area contributed by atoms with Crippen molar-refractivity contribution < 1.29 is 15.0 Å². The molecule has 0 bridgehead atoms. The molecule has 1 aromatic heterocycles. The number of aromatic amines is 1. The van der Waals surface area contributed by atoms with Gasteiger partial charge in [-0.25, -0.2) is 0 Å². The van der Waals surface area contributed by atoms with Crippen LogP contribution in [0.1, 0.15) is 40.4 Å². The molecule has 0 saturated carbocycles. The third kappa shape index (κ3) is 5.02. The molecule has 4 N–H and O–H groups in total. The average Bonchev–Trinajstić information content (AvgIpc) is 2.86. The molecular formula is C28H34N4O4. The molecule has 3 heterocycles. The average molecular weight is 491 g/mol. The van der Waals surface area contributed by atoms with E-state index in [1.807, 2.05) is 29.2 Å². The SMILES string of the molecule is CN1CC2(CCN(C(=O)c3ccc(CCNC[C@H](O)c4ccc(O)c5[nH]c(=O)ccc45)cc3)CC2)C1. The van der Waals surface area contributed by atoms with Crippen LogP contribution in [0.3, 0.4) is 0 Å². The van der Waals surface area contributed by atoms with E-state index in [-0.39, 0.29) is 17.2 Å². The van der Waals surface area contributed by atoms with Crippen molar-refractivity contribution in [3.8, 4) is 5.75 Å². The van der Waals surface area contributed by atoms with E-state index in [9.17, 15) is 19.8 Å². The number of piperidine rings is 1. The highest BCUT2D eigenvalue weighted by Crippen LogP contribution is 2.39. The van der Waals surface area contributed by atoms with E-state index < -0.39 is 6.10 Å². The van der Waals surface area contributed by atoms with Gasteiger partial charge in [0.25, 0.3) is 5.91 Å². The number of nitrogens with zero attached hydrogens (tertiary/aromatic N) is 2. The summed E-state index contributed by atoms with van der Waals surface area (Å²) in [6.07, 6.45) is 2.17. The van der Waals surface area contributed by atoms with E-state index in [0.717, 1.165) is 56.6 Å². The molecule has 36 heavy (non-hydrogen) atoms. The lowest BCUT2D eigenvalue weighted by Gasteiger charge is -2.52. The number of phenolic OH excluding ortho intramolecular Hbond substituents is 1. The summed E-state index contributed by atoms with van der Waals surface area (Å²) in [5, 5.41) is 24.6. The summed E-state index contributed by atoms with van der Waals surface area (Å²) in [5.41, 5.74) is 2.96. The number of carbonyl (C=O) groups excluding carboxylic acids is 1. The maximum absolute atomic E-state index is 12.9. The number of H-pyrrole nitrogens is 1. The maximum Gasteiger partial charge on any atom is 0.253 e. The molecule has 2 aliphatic rings. The number of fused-ring (bicyclic) bond motifs is 1. The summed E-state index contributed by atoms with van der Waals surface area (Å²) in [6.45, 7) is 4.99. The summed E-state index contributed by atoms with van der Waals surface area (Å²) >= 11 is 0. The molecular weight excluding hydrogens is 456 g/mol. The molecule has 2 fully saturated rings. The molecule has 1 atom stereocenters. The molecule has 5 rings (SSSR count). The lowest BCUT2D eigenvalue weighted by atomic mass is 9.72. The van der Waals surface area contributed by atoms with Gasteiger partial charge >= 0.3 is 0 Å². The zero-order valence-electron chi connectivity index (χ0n) is 20.7. The number of phenols is 1. The summed E-state index contributed by atoms with van der Waals surface area (Å²) in [5.74, 6) is 0.0942. The fourth-order valence-corrected chi connectivity index (χ4v) is 5.73. The minimum atomic E-state index is -0.789. The number of rotatable bonds is 7. The van der Waals surface area contributed by atoms with Gasteiger partial charge in [-0.05, 0) is 73.7 Å². The largest absolute Gasteiger partial charge is 0.506 e. The van der Waals surface area contributed by atoms with Crippen molar-refractivity contribution in [3.05, 3.63) is 75.6 Å². The van der Waals surface area contributed by atoms with E-state index in [2.05, 4.69) is 22.2 Å². The monoisotopic (exact) mass is 490 g/mol. The molecule has 2 aliphatic heterocycles. The maximum atomic E-state index is 12.9. The second-order valence-electron chi connectivity index (χ2n) is 10.4. The summed E-state index contributed by atoms with van der Waals surface area (Å²) < 4.78 is 0. The number of aliphatic hydroxyl groups excluding tert-OH is 1. The van der Waals surface area contributed by atoms with Crippen molar-refractivity contribution in [2.45, 2.75) is 25.4 Å². The molecule has 1 spiro atoms. The minimum Gasteiger partial charge on any atom is -0.506 e. The zero-order valence-corrected chi connectivity index (χ0v) is 20.7. The van der Waals surface area contributed by atoms with Crippen LogP contribution in [0.15, 0.2) is 53.3 Å². The smallest absolute Gasteiger partial charge is 0.253 e. The van der Waals surface area contributed by atoms with Crippen LogP contribution < -0.4 is 10.9 Å².